The first-order valence-corrected chi connectivity index (χ1v) is 6.46. The van der Waals surface area contributed by atoms with Crippen molar-refractivity contribution in [1.82, 2.24) is 14.8 Å². The Morgan fingerprint density at radius 1 is 1.47 bits per heavy atom. The van der Waals surface area contributed by atoms with Crippen molar-refractivity contribution in [1.29, 1.82) is 0 Å². The lowest BCUT2D eigenvalue weighted by molar-refractivity contribution is 0.601. The van der Waals surface area contributed by atoms with Gasteiger partial charge in [-0.15, -0.1) is 0 Å². The molecule has 1 N–H and O–H groups in total. The number of hydrogen-bond acceptors (Lipinski definition) is 4. The first-order valence-electron chi connectivity index (χ1n) is 4.60. The second-order valence-electron chi connectivity index (χ2n) is 3.32. The third-order valence-corrected chi connectivity index (χ3v) is 3.51. The first-order chi connectivity index (χ1) is 7.97. The topological polar surface area (TPSA) is 76.9 Å². The van der Waals surface area contributed by atoms with Crippen molar-refractivity contribution in [2.45, 2.75) is 4.90 Å². The molecule has 90 valence electrons. The van der Waals surface area contributed by atoms with E-state index in [1.165, 1.54) is 35.4 Å². The van der Waals surface area contributed by atoms with Crippen LogP contribution in [0.1, 0.15) is 0 Å². The minimum absolute atomic E-state index is 0.0907. The molecule has 0 amide bonds. The largest absolute Gasteiger partial charge is 0.279 e. The van der Waals surface area contributed by atoms with Crippen LogP contribution in [0, 0.1) is 0 Å². The van der Waals surface area contributed by atoms with Crippen LogP contribution in [-0.2, 0) is 17.1 Å². The van der Waals surface area contributed by atoms with Crippen LogP contribution in [0.5, 0.6) is 0 Å². The number of halogens is 1. The molecule has 2 aromatic rings. The zero-order valence-corrected chi connectivity index (χ0v) is 10.4. The van der Waals surface area contributed by atoms with Crippen LogP contribution in [-0.4, -0.2) is 23.2 Å². The van der Waals surface area contributed by atoms with E-state index in [2.05, 4.69) is 14.8 Å². The quantitative estimate of drug-likeness (QED) is 0.854. The van der Waals surface area contributed by atoms with E-state index in [0.717, 1.165) is 0 Å². The number of nitrogens with one attached hydrogen (secondary N) is 1. The number of hydrogen-bond donors (Lipinski definition) is 1. The Balaban J connectivity index is 2.29. The summed E-state index contributed by atoms with van der Waals surface area (Å²) in [5, 5.41) is 4.02. The summed E-state index contributed by atoms with van der Waals surface area (Å²) in [5.74, 6) is 0. The molecule has 0 aliphatic carbocycles. The van der Waals surface area contributed by atoms with E-state index in [1.807, 2.05) is 0 Å². The molecule has 0 saturated carbocycles. The molecule has 0 fully saturated rings. The molecule has 2 aromatic heterocycles. The Bertz CT molecular complexity index is 638. The lowest BCUT2D eigenvalue weighted by Gasteiger charge is -2.05. The van der Waals surface area contributed by atoms with Crippen LogP contribution in [0.3, 0.4) is 0 Å². The molecule has 0 aromatic carbocycles. The van der Waals surface area contributed by atoms with Crippen molar-refractivity contribution < 1.29 is 8.42 Å². The van der Waals surface area contributed by atoms with Crippen molar-refractivity contribution in [2.75, 3.05) is 4.72 Å². The number of anilines is 1. The van der Waals surface area contributed by atoms with E-state index in [-0.39, 0.29) is 10.0 Å². The van der Waals surface area contributed by atoms with E-state index >= 15 is 0 Å². The number of rotatable bonds is 3. The van der Waals surface area contributed by atoms with E-state index in [0.29, 0.717) is 5.69 Å². The lowest BCUT2D eigenvalue weighted by atomic mass is 10.4. The Kier molecular flexibility index (Phi) is 3.03. The lowest BCUT2D eigenvalue weighted by Crippen LogP contribution is -2.12. The van der Waals surface area contributed by atoms with E-state index in [1.54, 1.807) is 7.05 Å². The van der Waals surface area contributed by atoms with E-state index in [4.69, 9.17) is 11.6 Å². The molecule has 0 aliphatic heterocycles. The summed E-state index contributed by atoms with van der Waals surface area (Å²) in [4.78, 5) is 3.85. The van der Waals surface area contributed by atoms with Crippen molar-refractivity contribution >= 4 is 27.3 Å². The molecule has 0 aliphatic rings. The fourth-order valence-electron chi connectivity index (χ4n) is 1.22. The normalized spacial score (nSPS) is 11.4. The highest BCUT2D eigenvalue weighted by Crippen LogP contribution is 2.17. The summed E-state index contributed by atoms with van der Waals surface area (Å²) in [6, 6.07) is 2.94. The summed E-state index contributed by atoms with van der Waals surface area (Å²) < 4.78 is 27.6. The highest BCUT2D eigenvalue weighted by atomic mass is 35.5. The van der Waals surface area contributed by atoms with Gasteiger partial charge in [0.25, 0.3) is 10.0 Å². The summed E-state index contributed by atoms with van der Waals surface area (Å²) in [6.07, 6.45) is 4.10. The maximum atomic E-state index is 11.9. The van der Waals surface area contributed by atoms with Gasteiger partial charge in [0, 0.05) is 19.4 Å². The predicted molar refractivity (Wildman–Crippen MR) is 63.3 cm³/mol. The standard InChI is InChI=1S/C9H9ClN4O2S/c1-14-6-8(5-12-14)17(15,16)13-7-2-3-11-9(10)4-7/h2-6H,1H3,(H,11,13). The molecule has 2 heterocycles. The maximum Gasteiger partial charge on any atom is 0.265 e. The van der Waals surface area contributed by atoms with Crippen molar-refractivity contribution in [3.8, 4) is 0 Å². The number of aromatic nitrogens is 3. The van der Waals surface area contributed by atoms with Crippen LogP contribution >= 0.6 is 11.6 Å². The molecule has 0 saturated heterocycles. The van der Waals surface area contributed by atoms with Gasteiger partial charge in [-0.25, -0.2) is 13.4 Å². The molecular weight excluding hydrogens is 264 g/mol. The number of aryl methyl sites for hydroxylation is 1. The highest BCUT2D eigenvalue weighted by Gasteiger charge is 2.16. The van der Waals surface area contributed by atoms with Gasteiger partial charge in [-0.1, -0.05) is 11.6 Å². The van der Waals surface area contributed by atoms with Gasteiger partial charge in [-0.05, 0) is 12.1 Å². The third-order valence-electron chi connectivity index (χ3n) is 1.97. The summed E-state index contributed by atoms with van der Waals surface area (Å²) >= 11 is 5.66. The van der Waals surface area contributed by atoms with Crippen molar-refractivity contribution in [3.63, 3.8) is 0 Å². The number of nitrogens with zero attached hydrogens (tertiary/aromatic N) is 3. The second-order valence-corrected chi connectivity index (χ2v) is 5.39. The predicted octanol–water partition coefficient (Wildman–Crippen LogP) is 1.27. The Morgan fingerprint density at radius 2 is 2.24 bits per heavy atom. The first kappa shape index (κ1) is 11.9. The molecule has 0 radical (unpaired) electrons. The van der Waals surface area contributed by atoms with Gasteiger partial charge in [0.2, 0.25) is 0 Å². The fourth-order valence-corrected chi connectivity index (χ4v) is 2.42. The third kappa shape index (κ3) is 2.75. The molecule has 0 unspecified atom stereocenters. The van der Waals surface area contributed by atoms with Gasteiger partial charge in [-0.2, -0.15) is 5.10 Å². The van der Waals surface area contributed by atoms with Crippen LogP contribution < -0.4 is 4.72 Å². The highest BCUT2D eigenvalue weighted by molar-refractivity contribution is 7.92. The minimum atomic E-state index is -3.63. The summed E-state index contributed by atoms with van der Waals surface area (Å²) in [7, 11) is -1.99. The minimum Gasteiger partial charge on any atom is -0.279 e. The Labute approximate surface area is 103 Å². The van der Waals surface area contributed by atoms with Crippen LogP contribution in [0.2, 0.25) is 5.15 Å². The molecular formula is C9H9ClN4O2S. The average molecular weight is 273 g/mol. The Morgan fingerprint density at radius 3 is 2.82 bits per heavy atom. The van der Waals surface area contributed by atoms with Gasteiger partial charge >= 0.3 is 0 Å². The maximum absolute atomic E-state index is 11.9. The average Bonchev–Trinajstić information content (AvgIpc) is 2.65. The van der Waals surface area contributed by atoms with Gasteiger partial charge < -0.3 is 0 Å². The van der Waals surface area contributed by atoms with Crippen molar-refractivity contribution in [2.24, 2.45) is 7.05 Å². The molecule has 0 atom stereocenters. The molecule has 8 heteroatoms. The van der Waals surface area contributed by atoms with E-state index in [9.17, 15) is 8.42 Å². The molecule has 0 bridgehead atoms. The smallest absolute Gasteiger partial charge is 0.265 e. The summed E-state index contributed by atoms with van der Waals surface area (Å²) in [6.45, 7) is 0. The van der Waals surface area contributed by atoms with E-state index < -0.39 is 10.0 Å². The molecule has 6 nitrogen and oxygen atoms in total. The fraction of sp³-hybridized carbons (Fsp3) is 0.111. The molecule has 2 rings (SSSR count). The Hall–Kier alpha value is -1.60. The van der Waals surface area contributed by atoms with Crippen molar-refractivity contribution in [3.05, 3.63) is 35.9 Å². The number of pyridine rings is 1. The monoisotopic (exact) mass is 272 g/mol. The molecule has 0 spiro atoms. The van der Waals surface area contributed by atoms with Crippen LogP contribution in [0.15, 0.2) is 35.6 Å². The number of sulfonamides is 1. The van der Waals surface area contributed by atoms with Gasteiger partial charge in [0.05, 0.1) is 11.9 Å². The zero-order valence-electron chi connectivity index (χ0n) is 8.83. The summed E-state index contributed by atoms with van der Waals surface area (Å²) in [5.41, 5.74) is 0.355. The van der Waals surface area contributed by atoms with Crippen LogP contribution in [0.25, 0.3) is 0 Å². The van der Waals surface area contributed by atoms with Crippen LogP contribution in [0.4, 0.5) is 5.69 Å². The van der Waals surface area contributed by atoms with Gasteiger partial charge in [0.15, 0.2) is 0 Å². The SMILES string of the molecule is Cn1cc(S(=O)(=O)Nc2ccnc(Cl)c2)cn1. The van der Waals surface area contributed by atoms with Gasteiger partial charge in [0.1, 0.15) is 10.0 Å². The zero-order chi connectivity index (χ0) is 12.5. The van der Waals surface area contributed by atoms with Gasteiger partial charge in [-0.3, -0.25) is 9.40 Å². The second kappa shape index (κ2) is 4.34. The molecule has 17 heavy (non-hydrogen) atoms.